The van der Waals surface area contributed by atoms with Gasteiger partial charge in [-0.3, -0.25) is 4.79 Å². The lowest BCUT2D eigenvalue weighted by Gasteiger charge is -2.28. The monoisotopic (exact) mass is 400 g/mol. The Kier molecular flexibility index (Phi) is 5.66. The van der Waals surface area contributed by atoms with Crippen molar-refractivity contribution in [3.05, 3.63) is 58.9 Å². The number of piperazine rings is 1. The molecule has 0 radical (unpaired) electrons. The summed E-state index contributed by atoms with van der Waals surface area (Å²) in [5.41, 5.74) is 2.18. The molecule has 7 heteroatoms. The predicted octanol–water partition coefficient (Wildman–Crippen LogP) is 0.666. The number of carbonyl (C=O) groups is 1. The Morgan fingerprint density at radius 1 is 1.14 bits per heavy atom. The lowest BCUT2D eigenvalue weighted by atomic mass is 10.2. The minimum absolute atomic E-state index is 0.0622. The fourth-order valence-corrected chi connectivity index (χ4v) is 4.66. The van der Waals surface area contributed by atoms with Gasteiger partial charge in [0.05, 0.1) is 10.2 Å². The molecule has 0 unspecified atom stereocenters. The van der Waals surface area contributed by atoms with Gasteiger partial charge in [-0.25, -0.2) is 9.37 Å². The Bertz CT molecular complexity index is 948. The summed E-state index contributed by atoms with van der Waals surface area (Å²) < 4.78 is 14.9. The molecule has 4 rings (SSSR count). The Labute approximate surface area is 167 Å². The van der Waals surface area contributed by atoms with Gasteiger partial charge in [-0.05, 0) is 36.8 Å². The van der Waals surface area contributed by atoms with Crippen molar-refractivity contribution in [3.63, 3.8) is 0 Å². The van der Waals surface area contributed by atoms with Crippen LogP contribution in [-0.4, -0.2) is 43.6 Å². The molecular weight excluding hydrogens is 375 g/mol. The zero-order chi connectivity index (χ0) is 19.5. The molecule has 1 amide bonds. The maximum absolute atomic E-state index is 13.6. The summed E-state index contributed by atoms with van der Waals surface area (Å²) in [6.45, 7) is 7.04. The second-order valence-corrected chi connectivity index (χ2v) is 8.56. The number of quaternary nitrogens is 2. The Balaban J connectivity index is 1.25. The number of aromatic nitrogens is 1. The van der Waals surface area contributed by atoms with Gasteiger partial charge >= 0.3 is 0 Å². The Morgan fingerprint density at radius 2 is 1.89 bits per heavy atom. The van der Waals surface area contributed by atoms with Gasteiger partial charge in [0.2, 0.25) is 0 Å². The average Bonchev–Trinajstić information content (AvgIpc) is 3.08. The number of carbonyl (C=O) groups excluding carboxylic acids is 1. The van der Waals surface area contributed by atoms with Crippen LogP contribution in [0.15, 0.2) is 42.5 Å². The third-order valence-electron chi connectivity index (χ3n) is 5.27. The summed E-state index contributed by atoms with van der Waals surface area (Å²) in [5.74, 6) is -0.356. The van der Waals surface area contributed by atoms with Crippen molar-refractivity contribution in [1.29, 1.82) is 0 Å². The van der Waals surface area contributed by atoms with Gasteiger partial charge in [0.25, 0.3) is 5.91 Å². The molecule has 5 nitrogen and oxygen atoms in total. The molecule has 1 aliphatic heterocycles. The highest BCUT2D eigenvalue weighted by Gasteiger charge is 2.25. The van der Waals surface area contributed by atoms with Crippen LogP contribution in [0.2, 0.25) is 0 Å². The molecular formula is C21H25FN4OS+2. The maximum Gasteiger partial charge on any atom is 0.279 e. The van der Waals surface area contributed by atoms with E-state index >= 15 is 0 Å². The van der Waals surface area contributed by atoms with E-state index in [1.807, 2.05) is 6.07 Å². The zero-order valence-corrected chi connectivity index (χ0v) is 16.7. The smallest absolute Gasteiger partial charge is 0.279 e. The van der Waals surface area contributed by atoms with Gasteiger partial charge in [-0.2, -0.15) is 0 Å². The molecule has 1 aliphatic rings. The predicted molar refractivity (Wildman–Crippen MR) is 109 cm³/mol. The first kappa shape index (κ1) is 19.0. The molecule has 1 aromatic heterocycles. The highest BCUT2D eigenvalue weighted by molar-refractivity contribution is 7.18. The molecule has 28 heavy (non-hydrogen) atoms. The number of rotatable bonds is 5. The summed E-state index contributed by atoms with van der Waals surface area (Å²) in [4.78, 5) is 19.8. The summed E-state index contributed by atoms with van der Waals surface area (Å²) >= 11 is 1.77. The number of fused-ring (bicyclic) bond motifs is 1. The van der Waals surface area contributed by atoms with Gasteiger partial charge in [0.15, 0.2) is 6.54 Å². The number of amides is 1. The van der Waals surface area contributed by atoms with Crippen molar-refractivity contribution in [2.75, 3.05) is 38.0 Å². The topological polar surface area (TPSA) is 50.9 Å². The Hall–Kier alpha value is -2.35. The van der Waals surface area contributed by atoms with E-state index in [1.165, 1.54) is 25.6 Å². The zero-order valence-electron chi connectivity index (χ0n) is 15.9. The highest BCUT2D eigenvalue weighted by Crippen LogP contribution is 2.20. The van der Waals surface area contributed by atoms with Crippen molar-refractivity contribution < 1.29 is 19.0 Å². The van der Waals surface area contributed by atoms with E-state index in [2.05, 4.69) is 23.5 Å². The SMILES string of the molecule is Cc1ccc(NC(=O)C[NH+]2CC[NH+](Cc3nc4ccccc4s3)CC2)cc1F. The number of hydrogen-bond donors (Lipinski definition) is 3. The quantitative estimate of drug-likeness (QED) is 0.590. The van der Waals surface area contributed by atoms with Gasteiger partial charge in [0, 0.05) is 5.69 Å². The highest BCUT2D eigenvalue weighted by atomic mass is 32.1. The van der Waals surface area contributed by atoms with Crippen LogP contribution in [0.5, 0.6) is 0 Å². The van der Waals surface area contributed by atoms with Crippen LogP contribution in [-0.2, 0) is 11.3 Å². The molecule has 2 heterocycles. The number of aryl methyl sites for hydroxylation is 1. The van der Waals surface area contributed by atoms with Crippen LogP contribution in [0.3, 0.4) is 0 Å². The molecule has 0 bridgehead atoms. The van der Waals surface area contributed by atoms with Crippen LogP contribution in [0.25, 0.3) is 10.2 Å². The van der Waals surface area contributed by atoms with E-state index < -0.39 is 0 Å². The van der Waals surface area contributed by atoms with E-state index in [1.54, 1.807) is 30.4 Å². The molecule has 0 saturated carbocycles. The summed E-state index contributed by atoms with van der Waals surface area (Å²) in [6, 6.07) is 13.1. The van der Waals surface area contributed by atoms with Crippen molar-refractivity contribution in [1.82, 2.24) is 4.98 Å². The molecule has 1 fully saturated rings. The number of anilines is 1. The summed E-state index contributed by atoms with van der Waals surface area (Å²) in [7, 11) is 0. The van der Waals surface area contributed by atoms with E-state index in [4.69, 9.17) is 4.98 Å². The molecule has 0 aliphatic carbocycles. The first-order valence-corrected chi connectivity index (χ1v) is 10.5. The Morgan fingerprint density at radius 3 is 2.64 bits per heavy atom. The number of nitrogens with zero attached hydrogens (tertiary/aromatic N) is 1. The number of thiazole rings is 1. The fourth-order valence-electron chi connectivity index (χ4n) is 3.62. The molecule has 146 valence electrons. The van der Waals surface area contributed by atoms with Crippen LogP contribution in [0, 0.1) is 12.7 Å². The minimum Gasteiger partial charge on any atom is -0.321 e. The number of halogens is 1. The van der Waals surface area contributed by atoms with Crippen LogP contribution < -0.4 is 15.1 Å². The molecule has 0 atom stereocenters. The lowest BCUT2D eigenvalue weighted by Crippen LogP contribution is -3.28. The standard InChI is InChI=1S/C21H23FN4OS/c1-15-6-7-16(12-17(15)22)23-20(27)13-25-8-10-26(11-9-25)14-21-24-18-4-2-3-5-19(18)28-21/h2-7,12H,8-11,13-14H2,1H3,(H,23,27)/p+2. The van der Waals surface area contributed by atoms with Crippen molar-refractivity contribution in [2.24, 2.45) is 0 Å². The van der Waals surface area contributed by atoms with Crippen LogP contribution in [0.4, 0.5) is 10.1 Å². The summed E-state index contributed by atoms with van der Waals surface area (Å²) in [6.07, 6.45) is 0. The van der Waals surface area contributed by atoms with E-state index in [0.29, 0.717) is 17.8 Å². The van der Waals surface area contributed by atoms with Gasteiger partial charge in [-0.1, -0.05) is 18.2 Å². The van der Waals surface area contributed by atoms with Crippen LogP contribution in [0.1, 0.15) is 10.6 Å². The number of para-hydroxylation sites is 1. The van der Waals surface area contributed by atoms with Crippen molar-refractivity contribution >= 4 is 33.1 Å². The van der Waals surface area contributed by atoms with Gasteiger partial charge in [-0.15, -0.1) is 11.3 Å². The normalized spacial score (nSPS) is 19.6. The summed E-state index contributed by atoms with van der Waals surface area (Å²) in [5, 5.41) is 3.99. The average molecular weight is 401 g/mol. The van der Waals surface area contributed by atoms with E-state index in [0.717, 1.165) is 38.2 Å². The molecule has 0 spiro atoms. The minimum atomic E-state index is -0.294. The molecule has 2 aromatic carbocycles. The van der Waals surface area contributed by atoms with E-state index in [9.17, 15) is 9.18 Å². The first-order chi connectivity index (χ1) is 13.6. The van der Waals surface area contributed by atoms with Crippen LogP contribution >= 0.6 is 11.3 Å². The number of benzene rings is 2. The molecule has 3 N–H and O–H groups in total. The number of hydrogen-bond acceptors (Lipinski definition) is 3. The van der Waals surface area contributed by atoms with Gasteiger partial charge in [0.1, 0.15) is 43.5 Å². The molecule has 1 saturated heterocycles. The number of nitrogens with one attached hydrogen (secondary N) is 3. The third-order valence-corrected chi connectivity index (χ3v) is 6.31. The molecule has 3 aromatic rings. The van der Waals surface area contributed by atoms with Crippen molar-refractivity contribution in [3.8, 4) is 0 Å². The fraction of sp³-hybridized carbons (Fsp3) is 0.333. The largest absolute Gasteiger partial charge is 0.321 e. The second kappa shape index (κ2) is 8.34. The second-order valence-electron chi connectivity index (χ2n) is 7.44. The van der Waals surface area contributed by atoms with Gasteiger partial charge < -0.3 is 15.1 Å². The maximum atomic E-state index is 13.6. The first-order valence-electron chi connectivity index (χ1n) is 9.64. The van der Waals surface area contributed by atoms with E-state index in [-0.39, 0.29) is 11.7 Å². The lowest BCUT2D eigenvalue weighted by molar-refractivity contribution is -1.01. The van der Waals surface area contributed by atoms with Crippen molar-refractivity contribution in [2.45, 2.75) is 13.5 Å². The third kappa shape index (κ3) is 4.55.